The normalized spacial score (nSPS) is 12.1. The molecule has 1 atom stereocenters. The van der Waals surface area contributed by atoms with Crippen LogP contribution in [0.5, 0.6) is 0 Å². The summed E-state index contributed by atoms with van der Waals surface area (Å²) in [6.07, 6.45) is 2.86. The first-order chi connectivity index (χ1) is 14.0. The Morgan fingerprint density at radius 3 is 2.52 bits per heavy atom. The van der Waals surface area contributed by atoms with Crippen LogP contribution in [0.15, 0.2) is 60.8 Å². The van der Waals surface area contributed by atoms with Crippen LogP contribution in [-0.4, -0.2) is 29.0 Å². The Bertz CT molecular complexity index is 996. The highest BCUT2D eigenvalue weighted by molar-refractivity contribution is 6.33. The van der Waals surface area contributed by atoms with Crippen molar-refractivity contribution in [2.75, 3.05) is 6.54 Å². The van der Waals surface area contributed by atoms with Gasteiger partial charge in [-0.15, -0.1) is 0 Å². The molecule has 2 aromatic carbocycles. The van der Waals surface area contributed by atoms with Crippen molar-refractivity contribution in [1.29, 1.82) is 0 Å². The summed E-state index contributed by atoms with van der Waals surface area (Å²) in [6.45, 7) is 5.16. The molecule has 29 heavy (non-hydrogen) atoms. The molecule has 0 fully saturated rings. The lowest BCUT2D eigenvalue weighted by molar-refractivity contribution is -0.123. The molecule has 5 nitrogen and oxygen atoms in total. The standard InChI is InChI=1S/C23H26ClN3O2/c1-16(2)21(26-22(28)18-9-4-5-10-19(18)24)23(29)25-13-7-14-27-15-12-17-8-3-6-11-20(17)27/h3-6,8-12,15-16,21H,7,13-14H2,1-2H3,(H,25,29)(H,26,28)/t21-/m0/s1. The summed E-state index contributed by atoms with van der Waals surface area (Å²) in [6, 6.07) is 16.5. The zero-order chi connectivity index (χ0) is 20.8. The first-order valence-electron chi connectivity index (χ1n) is 9.84. The van der Waals surface area contributed by atoms with Crippen LogP contribution in [0.2, 0.25) is 5.02 Å². The third-order valence-electron chi connectivity index (χ3n) is 4.91. The molecule has 0 aliphatic rings. The van der Waals surface area contributed by atoms with Gasteiger partial charge in [0, 0.05) is 24.8 Å². The summed E-state index contributed by atoms with van der Waals surface area (Å²) < 4.78 is 2.18. The molecule has 0 unspecified atom stereocenters. The van der Waals surface area contributed by atoms with Gasteiger partial charge >= 0.3 is 0 Å². The number of carbonyl (C=O) groups is 2. The number of fused-ring (bicyclic) bond motifs is 1. The number of hydrogen-bond acceptors (Lipinski definition) is 2. The minimum atomic E-state index is -0.619. The first-order valence-corrected chi connectivity index (χ1v) is 10.2. The van der Waals surface area contributed by atoms with Gasteiger partial charge in [0.15, 0.2) is 0 Å². The van der Waals surface area contributed by atoms with Crippen molar-refractivity contribution in [1.82, 2.24) is 15.2 Å². The van der Waals surface area contributed by atoms with Crippen LogP contribution >= 0.6 is 11.6 Å². The molecular formula is C23H26ClN3O2. The molecule has 0 aliphatic heterocycles. The Kier molecular flexibility index (Phi) is 6.94. The number of aromatic nitrogens is 1. The summed E-state index contributed by atoms with van der Waals surface area (Å²) in [4.78, 5) is 25.2. The van der Waals surface area contributed by atoms with Crippen LogP contribution < -0.4 is 10.6 Å². The number of aryl methyl sites for hydroxylation is 1. The third-order valence-corrected chi connectivity index (χ3v) is 5.24. The Labute approximate surface area is 176 Å². The van der Waals surface area contributed by atoms with Crippen LogP contribution in [0, 0.1) is 5.92 Å². The third kappa shape index (κ3) is 5.18. The van der Waals surface area contributed by atoms with Crippen molar-refractivity contribution in [2.24, 2.45) is 5.92 Å². The van der Waals surface area contributed by atoms with Crippen LogP contribution in [-0.2, 0) is 11.3 Å². The van der Waals surface area contributed by atoms with Crippen LogP contribution in [0.25, 0.3) is 10.9 Å². The second-order valence-corrected chi connectivity index (χ2v) is 7.79. The van der Waals surface area contributed by atoms with Crippen molar-refractivity contribution < 1.29 is 9.59 Å². The number of amides is 2. The van der Waals surface area contributed by atoms with Crippen LogP contribution in [0.1, 0.15) is 30.6 Å². The van der Waals surface area contributed by atoms with E-state index in [9.17, 15) is 9.59 Å². The van der Waals surface area contributed by atoms with E-state index in [1.54, 1.807) is 24.3 Å². The lowest BCUT2D eigenvalue weighted by Gasteiger charge is -2.22. The van der Waals surface area contributed by atoms with E-state index in [4.69, 9.17) is 11.6 Å². The quantitative estimate of drug-likeness (QED) is 0.544. The summed E-state index contributed by atoms with van der Waals surface area (Å²) in [5, 5.41) is 7.33. The van der Waals surface area contributed by atoms with E-state index in [1.165, 1.54) is 10.9 Å². The van der Waals surface area contributed by atoms with Crippen molar-refractivity contribution in [3.63, 3.8) is 0 Å². The molecule has 0 aliphatic carbocycles. The Morgan fingerprint density at radius 1 is 1.03 bits per heavy atom. The number of nitrogens with one attached hydrogen (secondary N) is 2. The van der Waals surface area contributed by atoms with E-state index < -0.39 is 6.04 Å². The average molecular weight is 412 g/mol. The maximum absolute atomic E-state index is 12.6. The van der Waals surface area contributed by atoms with E-state index in [0.717, 1.165) is 13.0 Å². The fourth-order valence-corrected chi connectivity index (χ4v) is 3.53. The smallest absolute Gasteiger partial charge is 0.253 e. The Morgan fingerprint density at radius 2 is 1.76 bits per heavy atom. The number of benzene rings is 2. The largest absolute Gasteiger partial charge is 0.354 e. The van der Waals surface area contributed by atoms with Crippen molar-refractivity contribution in [2.45, 2.75) is 32.9 Å². The highest BCUT2D eigenvalue weighted by atomic mass is 35.5. The highest BCUT2D eigenvalue weighted by Crippen LogP contribution is 2.16. The highest BCUT2D eigenvalue weighted by Gasteiger charge is 2.25. The number of para-hydroxylation sites is 1. The van der Waals surface area contributed by atoms with Gasteiger partial charge in [-0.2, -0.15) is 0 Å². The minimum absolute atomic E-state index is 0.0465. The Balaban J connectivity index is 1.53. The summed E-state index contributed by atoms with van der Waals surface area (Å²) in [5.74, 6) is -0.573. The van der Waals surface area contributed by atoms with Crippen molar-refractivity contribution in [3.05, 3.63) is 71.4 Å². The van der Waals surface area contributed by atoms with Crippen LogP contribution in [0.4, 0.5) is 0 Å². The number of nitrogens with zero attached hydrogens (tertiary/aromatic N) is 1. The lowest BCUT2D eigenvalue weighted by atomic mass is 10.0. The topological polar surface area (TPSA) is 63.1 Å². The SMILES string of the molecule is CC(C)[C@H](NC(=O)c1ccccc1Cl)C(=O)NCCCn1ccc2ccccc21. The van der Waals surface area contributed by atoms with Gasteiger partial charge in [-0.1, -0.05) is 55.8 Å². The molecular weight excluding hydrogens is 386 g/mol. The van der Waals surface area contributed by atoms with E-state index in [0.29, 0.717) is 17.1 Å². The maximum atomic E-state index is 12.6. The molecule has 0 spiro atoms. The molecule has 1 aromatic heterocycles. The molecule has 3 aromatic rings. The number of rotatable bonds is 8. The van der Waals surface area contributed by atoms with E-state index in [2.05, 4.69) is 39.6 Å². The fourth-order valence-electron chi connectivity index (χ4n) is 3.31. The second kappa shape index (κ2) is 9.61. The number of hydrogen-bond donors (Lipinski definition) is 2. The van der Waals surface area contributed by atoms with Gasteiger partial charge in [0.2, 0.25) is 5.91 Å². The zero-order valence-electron chi connectivity index (χ0n) is 16.7. The predicted octanol–water partition coefficient (Wildman–Crippen LogP) is 4.26. The van der Waals surface area contributed by atoms with E-state index >= 15 is 0 Å². The van der Waals surface area contributed by atoms with Gasteiger partial charge in [-0.05, 0) is 42.0 Å². The van der Waals surface area contributed by atoms with E-state index in [1.807, 2.05) is 26.0 Å². The molecule has 2 N–H and O–H groups in total. The first kappa shape index (κ1) is 20.9. The zero-order valence-corrected chi connectivity index (χ0v) is 17.4. The maximum Gasteiger partial charge on any atom is 0.253 e. The second-order valence-electron chi connectivity index (χ2n) is 7.39. The lowest BCUT2D eigenvalue weighted by Crippen LogP contribution is -2.50. The van der Waals surface area contributed by atoms with Crippen molar-refractivity contribution in [3.8, 4) is 0 Å². The molecule has 2 amide bonds. The van der Waals surface area contributed by atoms with Crippen LogP contribution in [0.3, 0.4) is 0 Å². The molecule has 6 heteroatoms. The van der Waals surface area contributed by atoms with Gasteiger partial charge in [0.25, 0.3) is 5.91 Å². The molecule has 1 heterocycles. The number of halogens is 1. The van der Waals surface area contributed by atoms with Gasteiger partial charge in [-0.3, -0.25) is 9.59 Å². The molecule has 0 radical (unpaired) electrons. The summed E-state index contributed by atoms with van der Waals surface area (Å²) in [5.41, 5.74) is 1.55. The van der Waals surface area contributed by atoms with E-state index in [-0.39, 0.29) is 17.7 Å². The molecule has 3 rings (SSSR count). The van der Waals surface area contributed by atoms with Crippen molar-refractivity contribution >= 4 is 34.3 Å². The number of carbonyl (C=O) groups excluding carboxylic acids is 2. The molecule has 0 saturated carbocycles. The monoisotopic (exact) mass is 411 g/mol. The molecule has 152 valence electrons. The molecule has 0 bridgehead atoms. The predicted molar refractivity (Wildman–Crippen MR) is 117 cm³/mol. The fraction of sp³-hybridized carbons (Fsp3) is 0.304. The van der Waals surface area contributed by atoms with Gasteiger partial charge < -0.3 is 15.2 Å². The molecule has 0 saturated heterocycles. The minimum Gasteiger partial charge on any atom is -0.354 e. The summed E-state index contributed by atoms with van der Waals surface area (Å²) in [7, 11) is 0. The summed E-state index contributed by atoms with van der Waals surface area (Å²) >= 11 is 6.09. The average Bonchev–Trinajstić information content (AvgIpc) is 3.12. The van der Waals surface area contributed by atoms with Gasteiger partial charge in [0.05, 0.1) is 10.6 Å². The Hall–Kier alpha value is -2.79. The van der Waals surface area contributed by atoms with Gasteiger partial charge in [0.1, 0.15) is 6.04 Å². The van der Waals surface area contributed by atoms with Gasteiger partial charge in [-0.25, -0.2) is 0 Å².